The molecule has 0 saturated heterocycles. The van der Waals surface area contributed by atoms with Crippen molar-refractivity contribution in [3.8, 4) is 34.3 Å². The Hall–Kier alpha value is -4.79. The molecule has 0 aliphatic carbocycles. The summed E-state index contributed by atoms with van der Waals surface area (Å²) in [6.07, 6.45) is 0. The highest BCUT2D eigenvalue weighted by Crippen LogP contribution is 2.36. The summed E-state index contributed by atoms with van der Waals surface area (Å²) >= 11 is 13.4. The third-order valence-corrected chi connectivity index (χ3v) is 7.72. The Morgan fingerprint density at radius 1 is 0.778 bits per heavy atom. The molecule has 0 saturated carbocycles. The maximum Gasteiger partial charge on any atom is 0.140 e. The molecule has 8 nitrogen and oxygen atoms in total. The third kappa shape index (κ3) is 6.53. The molecular weight excluding hydrogens is 605 g/mol. The number of benzene rings is 4. The number of hydrogen-bond donors (Lipinski definition) is 4. The van der Waals surface area contributed by atoms with Gasteiger partial charge >= 0.3 is 0 Å². The number of halogens is 2. The molecule has 0 amide bonds. The Kier molecular flexibility index (Phi) is 8.27. The Labute approximate surface area is 271 Å². The second kappa shape index (κ2) is 12.3. The van der Waals surface area contributed by atoms with Crippen molar-refractivity contribution in [3.63, 3.8) is 0 Å². The zero-order valence-electron chi connectivity index (χ0n) is 25.4. The fourth-order valence-electron chi connectivity index (χ4n) is 5.04. The summed E-state index contributed by atoms with van der Waals surface area (Å²) in [5, 5.41) is 4.33. The summed E-state index contributed by atoms with van der Waals surface area (Å²) in [6, 6.07) is 23.1. The number of nitrogens with zero attached hydrogens (tertiary/aromatic N) is 3. The van der Waals surface area contributed by atoms with Crippen LogP contribution in [0.4, 0.5) is 0 Å². The quantitative estimate of drug-likeness (QED) is 0.0932. The molecule has 0 fully saturated rings. The minimum atomic E-state index is 0.107. The van der Waals surface area contributed by atoms with Gasteiger partial charge in [0.2, 0.25) is 0 Å². The molecule has 0 atom stereocenters. The van der Waals surface area contributed by atoms with Crippen LogP contribution in [0.2, 0.25) is 10.0 Å². The number of ether oxygens (including phenoxy) is 1. The first-order valence-corrected chi connectivity index (χ1v) is 15.4. The van der Waals surface area contributed by atoms with E-state index in [2.05, 4.69) is 40.7 Å². The number of aromatic amines is 2. The van der Waals surface area contributed by atoms with Gasteiger partial charge in [-0.05, 0) is 87.9 Å². The molecule has 6 aromatic rings. The fraction of sp³-hybridized carbons (Fsp3) is 0.171. The number of rotatable bonds is 9. The topological polar surface area (TPSA) is 117 Å². The molecule has 0 radical (unpaired) electrons. The number of H-pyrrole nitrogens is 2. The molecule has 2 heterocycles. The van der Waals surface area contributed by atoms with Gasteiger partial charge in [-0.1, -0.05) is 35.8 Å². The molecule has 5 N–H and O–H groups in total. The van der Waals surface area contributed by atoms with Crippen LogP contribution in [0.15, 0.2) is 84.4 Å². The number of imidazole rings is 2. The predicted molar refractivity (Wildman–Crippen MR) is 186 cm³/mol. The molecule has 0 unspecified atom stereocenters. The van der Waals surface area contributed by atoms with Crippen LogP contribution in [0, 0.1) is 0 Å². The van der Waals surface area contributed by atoms with Crippen LogP contribution in [0.1, 0.15) is 38.8 Å². The van der Waals surface area contributed by atoms with Crippen LogP contribution in [0.25, 0.3) is 50.5 Å². The van der Waals surface area contributed by atoms with E-state index in [1.165, 1.54) is 0 Å². The number of nitrogens with one attached hydrogen (secondary N) is 3. The van der Waals surface area contributed by atoms with Crippen molar-refractivity contribution < 1.29 is 4.74 Å². The van der Waals surface area contributed by atoms with Crippen LogP contribution in [0.3, 0.4) is 0 Å². The van der Waals surface area contributed by atoms with Gasteiger partial charge in [0, 0.05) is 46.6 Å². The van der Waals surface area contributed by atoms with E-state index >= 15 is 0 Å². The highest BCUT2D eigenvalue weighted by Gasteiger charge is 2.14. The van der Waals surface area contributed by atoms with Crippen molar-refractivity contribution in [1.29, 1.82) is 0 Å². The highest BCUT2D eigenvalue weighted by atomic mass is 35.5. The number of fused-ring (bicyclic) bond motifs is 2. The lowest BCUT2D eigenvalue weighted by molar-refractivity contribution is 0.483. The van der Waals surface area contributed by atoms with Crippen molar-refractivity contribution in [1.82, 2.24) is 25.3 Å². The summed E-state index contributed by atoms with van der Waals surface area (Å²) in [4.78, 5) is 20.6. The Balaban J connectivity index is 1.20. The molecule has 6 rings (SSSR count). The first kappa shape index (κ1) is 30.2. The van der Waals surface area contributed by atoms with E-state index in [0.717, 1.165) is 50.0 Å². The number of aliphatic imine (C=N–C) groups is 1. The van der Waals surface area contributed by atoms with Crippen LogP contribution in [-0.4, -0.2) is 37.9 Å². The van der Waals surface area contributed by atoms with Crippen LogP contribution < -0.4 is 15.8 Å². The van der Waals surface area contributed by atoms with E-state index in [1.807, 2.05) is 74.5 Å². The fourth-order valence-corrected chi connectivity index (χ4v) is 5.56. The first-order chi connectivity index (χ1) is 21.5. The molecular formula is C35H33Cl2N7O. The van der Waals surface area contributed by atoms with Crippen molar-refractivity contribution in [2.75, 3.05) is 0 Å². The summed E-state index contributed by atoms with van der Waals surface area (Å²) in [7, 11) is 0. The molecule has 228 valence electrons. The van der Waals surface area contributed by atoms with Gasteiger partial charge in [-0.15, -0.1) is 0 Å². The average molecular weight is 639 g/mol. The van der Waals surface area contributed by atoms with Crippen molar-refractivity contribution >= 4 is 56.8 Å². The second-order valence-corrected chi connectivity index (χ2v) is 12.2. The minimum Gasteiger partial charge on any atom is -0.457 e. The number of amidine groups is 1. The molecule has 2 aromatic heterocycles. The predicted octanol–water partition coefficient (Wildman–Crippen LogP) is 8.95. The van der Waals surface area contributed by atoms with E-state index in [-0.39, 0.29) is 6.04 Å². The van der Waals surface area contributed by atoms with E-state index in [9.17, 15) is 0 Å². The van der Waals surface area contributed by atoms with Crippen LogP contribution in [0.5, 0.6) is 11.5 Å². The van der Waals surface area contributed by atoms with Gasteiger partial charge in [-0.2, -0.15) is 0 Å². The molecule has 10 heteroatoms. The maximum atomic E-state index is 6.71. The highest BCUT2D eigenvalue weighted by molar-refractivity contribution is 6.33. The standard InChI is InChI=1S/C35H33Cl2N7O/c1-18(2)39-20(5)21-6-12-29-31(14-21)43-34(41-29)25-10-8-23(16-27(25)36)45-24-9-11-26(28(37)17-24)35-42-30-13-7-22(15-32(30)44-35)33(38)40-19(3)4/h6-19,39H,5H2,1-4H3,(H2,38,40)(H,41,43)(H,42,44). The van der Waals surface area contributed by atoms with Crippen molar-refractivity contribution in [3.05, 3.63) is 101 Å². The largest absolute Gasteiger partial charge is 0.457 e. The smallest absolute Gasteiger partial charge is 0.140 e. The lowest BCUT2D eigenvalue weighted by Crippen LogP contribution is -2.20. The summed E-state index contributed by atoms with van der Waals surface area (Å²) in [5.41, 5.74) is 13.7. The maximum absolute atomic E-state index is 6.71. The summed E-state index contributed by atoms with van der Waals surface area (Å²) in [5.74, 6) is 2.93. The lowest BCUT2D eigenvalue weighted by Gasteiger charge is -2.12. The van der Waals surface area contributed by atoms with Crippen molar-refractivity contribution in [2.45, 2.75) is 39.8 Å². The van der Waals surface area contributed by atoms with Crippen LogP contribution >= 0.6 is 23.2 Å². The van der Waals surface area contributed by atoms with Gasteiger partial charge in [0.05, 0.1) is 32.1 Å². The number of nitrogens with two attached hydrogens (primary N) is 1. The van der Waals surface area contributed by atoms with Gasteiger partial charge in [0.15, 0.2) is 0 Å². The SMILES string of the molecule is C=C(NC(C)C)c1ccc2nc(-c3ccc(Oc4ccc(-c5nc6ccc(C(N)=NC(C)C)cc6[nH]5)c(Cl)c4)cc3Cl)[nH]c2c1. The number of hydrogen-bond acceptors (Lipinski definition) is 5. The summed E-state index contributed by atoms with van der Waals surface area (Å²) < 4.78 is 6.11. The lowest BCUT2D eigenvalue weighted by atomic mass is 10.1. The van der Waals surface area contributed by atoms with Crippen LogP contribution in [-0.2, 0) is 0 Å². The van der Waals surface area contributed by atoms with Gasteiger partial charge in [0.25, 0.3) is 0 Å². The van der Waals surface area contributed by atoms with Gasteiger partial charge < -0.3 is 25.8 Å². The first-order valence-electron chi connectivity index (χ1n) is 14.6. The second-order valence-electron chi connectivity index (χ2n) is 11.4. The Morgan fingerprint density at radius 2 is 1.29 bits per heavy atom. The molecule has 0 spiro atoms. The third-order valence-electron chi connectivity index (χ3n) is 7.10. The van der Waals surface area contributed by atoms with E-state index < -0.39 is 0 Å². The number of aromatic nitrogens is 4. The van der Waals surface area contributed by atoms with E-state index in [4.69, 9.17) is 43.6 Å². The minimum absolute atomic E-state index is 0.107. The molecule has 0 aliphatic heterocycles. The monoisotopic (exact) mass is 637 g/mol. The van der Waals surface area contributed by atoms with Crippen molar-refractivity contribution in [2.24, 2.45) is 10.7 Å². The molecule has 4 aromatic carbocycles. The summed E-state index contributed by atoms with van der Waals surface area (Å²) in [6.45, 7) is 12.3. The molecule has 0 bridgehead atoms. The molecule has 45 heavy (non-hydrogen) atoms. The average Bonchev–Trinajstić information content (AvgIpc) is 3.60. The van der Waals surface area contributed by atoms with Gasteiger partial charge in [0.1, 0.15) is 29.0 Å². The Morgan fingerprint density at radius 3 is 1.78 bits per heavy atom. The van der Waals surface area contributed by atoms with E-state index in [1.54, 1.807) is 12.1 Å². The van der Waals surface area contributed by atoms with Gasteiger partial charge in [-0.25, -0.2) is 9.97 Å². The zero-order chi connectivity index (χ0) is 31.8. The van der Waals surface area contributed by atoms with E-state index in [0.29, 0.717) is 45.1 Å². The zero-order valence-corrected chi connectivity index (χ0v) is 26.9. The van der Waals surface area contributed by atoms with Gasteiger partial charge in [-0.3, -0.25) is 4.99 Å². The normalized spacial score (nSPS) is 12.0. The molecule has 0 aliphatic rings. The Bertz CT molecular complexity index is 2090.